The van der Waals surface area contributed by atoms with Crippen LogP contribution in [0.2, 0.25) is 0 Å². The average molecular weight is 155 g/mol. The summed E-state index contributed by atoms with van der Waals surface area (Å²) >= 11 is 0. The third-order valence-electron chi connectivity index (χ3n) is 2.97. The highest BCUT2D eigenvalue weighted by Crippen LogP contribution is 2.18. The standard InChI is InChI=1S/C10H21N/c1-8(2)9(3)7-11-10-5-4-6-10/h8-11H,4-7H2,1-3H3. The van der Waals surface area contributed by atoms with Gasteiger partial charge in [0.05, 0.1) is 0 Å². The summed E-state index contributed by atoms with van der Waals surface area (Å²) in [5, 5.41) is 3.60. The zero-order chi connectivity index (χ0) is 8.27. The summed E-state index contributed by atoms with van der Waals surface area (Å²) in [4.78, 5) is 0. The Bertz CT molecular complexity index is 105. The Morgan fingerprint density at radius 3 is 2.27 bits per heavy atom. The molecule has 0 spiro atoms. The summed E-state index contributed by atoms with van der Waals surface area (Å²) in [5.41, 5.74) is 0. The number of hydrogen-bond acceptors (Lipinski definition) is 1. The van der Waals surface area contributed by atoms with E-state index < -0.39 is 0 Å². The molecule has 1 N–H and O–H groups in total. The van der Waals surface area contributed by atoms with Crippen molar-refractivity contribution in [1.82, 2.24) is 5.32 Å². The topological polar surface area (TPSA) is 12.0 Å². The van der Waals surface area contributed by atoms with E-state index in [0.717, 1.165) is 17.9 Å². The minimum absolute atomic E-state index is 0.822. The summed E-state index contributed by atoms with van der Waals surface area (Å²) in [6.07, 6.45) is 4.25. The van der Waals surface area contributed by atoms with Gasteiger partial charge in [0.15, 0.2) is 0 Å². The van der Waals surface area contributed by atoms with E-state index in [1.165, 1.54) is 25.8 Å². The van der Waals surface area contributed by atoms with Crippen LogP contribution in [0.5, 0.6) is 0 Å². The van der Waals surface area contributed by atoms with Crippen molar-refractivity contribution < 1.29 is 0 Å². The van der Waals surface area contributed by atoms with Crippen LogP contribution in [0.3, 0.4) is 0 Å². The van der Waals surface area contributed by atoms with Gasteiger partial charge in [-0.1, -0.05) is 27.2 Å². The van der Waals surface area contributed by atoms with Gasteiger partial charge in [-0.2, -0.15) is 0 Å². The molecule has 11 heavy (non-hydrogen) atoms. The average Bonchev–Trinajstić information content (AvgIpc) is 1.83. The van der Waals surface area contributed by atoms with Crippen LogP contribution in [0, 0.1) is 11.8 Å². The maximum atomic E-state index is 3.60. The molecule has 0 aliphatic heterocycles. The Morgan fingerprint density at radius 2 is 1.91 bits per heavy atom. The lowest BCUT2D eigenvalue weighted by molar-refractivity contribution is 0.297. The molecule has 1 heteroatoms. The third-order valence-corrected chi connectivity index (χ3v) is 2.97. The van der Waals surface area contributed by atoms with E-state index in [9.17, 15) is 0 Å². The first-order chi connectivity index (χ1) is 5.20. The fourth-order valence-corrected chi connectivity index (χ4v) is 1.20. The smallest absolute Gasteiger partial charge is 0.00671 e. The van der Waals surface area contributed by atoms with Crippen molar-refractivity contribution in [2.45, 2.75) is 46.1 Å². The first kappa shape index (κ1) is 9.05. The highest BCUT2D eigenvalue weighted by atomic mass is 14.9. The summed E-state index contributed by atoms with van der Waals surface area (Å²) in [7, 11) is 0. The van der Waals surface area contributed by atoms with E-state index in [-0.39, 0.29) is 0 Å². The van der Waals surface area contributed by atoms with Gasteiger partial charge in [-0.25, -0.2) is 0 Å². The van der Waals surface area contributed by atoms with Crippen LogP contribution < -0.4 is 5.32 Å². The molecule has 1 aliphatic carbocycles. The van der Waals surface area contributed by atoms with Crippen LogP contribution >= 0.6 is 0 Å². The molecule has 0 bridgehead atoms. The van der Waals surface area contributed by atoms with Crippen molar-refractivity contribution in [2.24, 2.45) is 11.8 Å². The lowest BCUT2D eigenvalue weighted by atomic mass is 9.91. The Hall–Kier alpha value is -0.0400. The molecule has 0 heterocycles. The van der Waals surface area contributed by atoms with E-state index in [2.05, 4.69) is 26.1 Å². The van der Waals surface area contributed by atoms with E-state index in [1.54, 1.807) is 0 Å². The van der Waals surface area contributed by atoms with Crippen LogP contribution in [-0.2, 0) is 0 Å². The van der Waals surface area contributed by atoms with Crippen LogP contribution in [0.25, 0.3) is 0 Å². The van der Waals surface area contributed by atoms with Crippen LogP contribution in [0.4, 0.5) is 0 Å². The first-order valence-electron chi connectivity index (χ1n) is 4.93. The second-order valence-electron chi connectivity index (χ2n) is 4.26. The molecular formula is C10H21N. The SMILES string of the molecule is CC(C)C(C)CNC1CCC1. The molecule has 1 aliphatic rings. The highest BCUT2D eigenvalue weighted by molar-refractivity contribution is 4.77. The molecule has 0 aromatic heterocycles. The molecule has 0 amide bonds. The van der Waals surface area contributed by atoms with Crippen LogP contribution in [0.1, 0.15) is 40.0 Å². The van der Waals surface area contributed by atoms with Gasteiger partial charge in [-0.3, -0.25) is 0 Å². The summed E-state index contributed by atoms with van der Waals surface area (Å²) in [5.74, 6) is 1.65. The normalized spacial score (nSPS) is 21.8. The minimum Gasteiger partial charge on any atom is -0.314 e. The Morgan fingerprint density at radius 1 is 1.27 bits per heavy atom. The summed E-state index contributed by atoms with van der Waals surface area (Å²) in [6, 6.07) is 0.858. The van der Waals surface area contributed by atoms with Gasteiger partial charge in [0, 0.05) is 6.04 Å². The van der Waals surface area contributed by atoms with Crippen molar-refractivity contribution in [3.63, 3.8) is 0 Å². The van der Waals surface area contributed by atoms with Crippen molar-refractivity contribution in [3.8, 4) is 0 Å². The van der Waals surface area contributed by atoms with Gasteiger partial charge in [0.1, 0.15) is 0 Å². The molecule has 0 aromatic rings. The lowest BCUT2D eigenvalue weighted by Crippen LogP contribution is -2.38. The second kappa shape index (κ2) is 4.10. The van der Waals surface area contributed by atoms with E-state index in [4.69, 9.17) is 0 Å². The van der Waals surface area contributed by atoms with Crippen molar-refractivity contribution in [1.29, 1.82) is 0 Å². The molecule has 1 fully saturated rings. The second-order valence-corrected chi connectivity index (χ2v) is 4.26. The fourth-order valence-electron chi connectivity index (χ4n) is 1.20. The van der Waals surface area contributed by atoms with E-state index in [0.29, 0.717) is 0 Å². The van der Waals surface area contributed by atoms with Gasteiger partial charge >= 0.3 is 0 Å². The summed E-state index contributed by atoms with van der Waals surface area (Å²) in [6.45, 7) is 8.14. The number of nitrogens with one attached hydrogen (secondary N) is 1. The van der Waals surface area contributed by atoms with Gasteiger partial charge in [-0.05, 0) is 31.2 Å². The number of rotatable bonds is 4. The largest absolute Gasteiger partial charge is 0.314 e. The van der Waals surface area contributed by atoms with E-state index >= 15 is 0 Å². The van der Waals surface area contributed by atoms with Crippen molar-refractivity contribution in [3.05, 3.63) is 0 Å². The van der Waals surface area contributed by atoms with E-state index in [1.807, 2.05) is 0 Å². The van der Waals surface area contributed by atoms with Gasteiger partial charge in [-0.15, -0.1) is 0 Å². The molecule has 1 unspecified atom stereocenters. The highest BCUT2D eigenvalue weighted by Gasteiger charge is 2.17. The first-order valence-corrected chi connectivity index (χ1v) is 4.93. The molecule has 1 atom stereocenters. The van der Waals surface area contributed by atoms with Crippen molar-refractivity contribution >= 4 is 0 Å². The molecule has 1 saturated carbocycles. The molecule has 1 rings (SSSR count). The zero-order valence-electron chi connectivity index (χ0n) is 8.06. The maximum absolute atomic E-state index is 3.60. The predicted molar refractivity (Wildman–Crippen MR) is 49.6 cm³/mol. The minimum atomic E-state index is 0.822. The van der Waals surface area contributed by atoms with Gasteiger partial charge < -0.3 is 5.32 Å². The van der Waals surface area contributed by atoms with Crippen molar-refractivity contribution in [2.75, 3.05) is 6.54 Å². The Balaban J connectivity index is 2.01. The predicted octanol–water partition coefficient (Wildman–Crippen LogP) is 2.42. The van der Waals surface area contributed by atoms with Crippen LogP contribution in [0.15, 0.2) is 0 Å². The quantitative estimate of drug-likeness (QED) is 0.657. The molecule has 0 aromatic carbocycles. The monoisotopic (exact) mass is 155 g/mol. The molecule has 0 saturated heterocycles. The van der Waals surface area contributed by atoms with Gasteiger partial charge in [0.25, 0.3) is 0 Å². The fraction of sp³-hybridized carbons (Fsp3) is 1.00. The Labute approximate surface area is 70.6 Å². The summed E-state index contributed by atoms with van der Waals surface area (Å²) < 4.78 is 0. The molecule has 1 nitrogen and oxygen atoms in total. The third kappa shape index (κ3) is 2.82. The Kier molecular flexibility index (Phi) is 3.38. The molecule has 0 radical (unpaired) electrons. The van der Waals surface area contributed by atoms with Gasteiger partial charge in [0.2, 0.25) is 0 Å². The van der Waals surface area contributed by atoms with Crippen LogP contribution in [-0.4, -0.2) is 12.6 Å². The zero-order valence-corrected chi connectivity index (χ0v) is 8.06. The lowest BCUT2D eigenvalue weighted by Gasteiger charge is -2.28. The molecular weight excluding hydrogens is 134 g/mol. The number of hydrogen-bond donors (Lipinski definition) is 1. The maximum Gasteiger partial charge on any atom is 0.00671 e. The molecule has 66 valence electrons.